The fourth-order valence-electron chi connectivity index (χ4n) is 3.10. The number of benzene rings is 3. The van der Waals surface area contributed by atoms with Crippen molar-refractivity contribution in [3.05, 3.63) is 89.5 Å². The summed E-state index contributed by atoms with van der Waals surface area (Å²) in [4.78, 5) is 37.0. The van der Waals surface area contributed by atoms with Gasteiger partial charge in [-0.3, -0.25) is 9.59 Å². The van der Waals surface area contributed by atoms with Crippen molar-refractivity contribution in [3.63, 3.8) is 0 Å². The van der Waals surface area contributed by atoms with Gasteiger partial charge in [-0.25, -0.2) is 4.79 Å². The molecule has 3 aromatic carbocycles. The predicted molar refractivity (Wildman–Crippen MR) is 125 cm³/mol. The molecule has 0 spiro atoms. The summed E-state index contributed by atoms with van der Waals surface area (Å²) >= 11 is 0. The average Bonchev–Trinajstić information content (AvgIpc) is 2.80. The molecule has 0 bridgehead atoms. The number of hydrogen-bond acceptors (Lipinski definition) is 5. The van der Waals surface area contributed by atoms with Crippen LogP contribution in [-0.4, -0.2) is 30.4 Å². The van der Waals surface area contributed by atoms with E-state index in [-0.39, 0.29) is 18.0 Å². The summed E-state index contributed by atoms with van der Waals surface area (Å²) < 4.78 is 11.0. The van der Waals surface area contributed by atoms with Crippen molar-refractivity contribution in [2.75, 3.05) is 11.9 Å². The largest absolute Gasteiger partial charge is 0.457 e. The number of rotatable bonds is 8. The van der Waals surface area contributed by atoms with Gasteiger partial charge in [0.2, 0.25) is 5.91 Å². The number of hydrogen-bond donors (Lipinski definition) is 2. The topological polar surface area (TPSA) is 93.7 Å². The zero-order valence-corrected chi connectivity index (χ0v) is 18.8. The molecule has 170 valence electrons. The van der Waals surface area contributed by atoms with E-state index in [0.29, 0.717) is 17.2 Å². The Morgan fingerprint density at radius 3 is 2.18 bits per heavy atom. The molecule has 0 heterocycles. The lowest BCUT2D eigenvalue weighted by Gasteiger charge is -2.15. The minimum Gasteiger partial charge on any atom is -0.457 e. The van der Waals surface area contributed by atoms with Crippen LogP contribution in [0.25, 0.3) is 0 Å². The van der Waals surface area contributed by atoms with E-state index in [1.165, 1.54) is 13.0 Å². The minimum absolute atomic E-state index is 0.241. The lowest BCUT2D eigenvalue weighted by atomic mass is 10.1. The van der Waals surface area contributed by atoms with Crippen LogP contribution in [0.3, 0.4) is 0 Å². The number of para-hydroxylation sites is 2. The van der Waals surface area contributed by atoms with Crippen LogP contribution in [0, 0.1) is 13.8 Å². The standard InChI is InChI=1S/C26H26N2O5/c1-17-9-7-10-18(2)24(17)28-23(29)16-27-25(30)19(3)32-26(31)20-11-8-14-22(15-20)33-21-12-5-4-6-13-21/h4-15,19H,16H2,1-3H3,(H,27,30)(H,28,29). The Hall–Kier alpha value is -4.13. The van der Waals surface area contributed by atoms with E-state index in [1.54, 1.807) is 30.3 Å². The molecule has 2 amide bonds. The molecule has 0 aliphatic rings. The van der Waals surface area contributed by atoms with Crippen molar-refractivity contribution in [2.45, 2.75) is 26.9 Å². The fourth-order valence-corrected chi connectivity index (χ4v) is 3.10. The lowest BCUT2D eigenvalue weighted by molar-refractivity contribution is -0.130. The van der Waals surface area contributed by atoms with Gasteiger partial charge in [-0.15, -0.1) is 0 Å². The first kappa shape index (κ1) is 23.5. The van der Waals surface area contributed by atoms with Crippen LogP contribution in [0.4, 0.5) is 5.69 Å². The molecule has 7 nitrogen and oxygen atoms in total. The molecule has 3 aromatic rings. The van der Waals surface area contributed by atoms with Crippen molar-refractivity contribution in [3.8, 4) is 11.5 Å². The van der Waals surface area contributed by atoms with Crippen LogP contribution in [0.5, 0.6) is 11.5 Å². The van der Waals surface area contributed by atoms with E-state index in [4.69, 9.17) is 9.47 Å². The first-order valence-corrected chi connectivity index (χ1v) is 10.5. The Morgan fingerprint density at radius 1 is 0.848 bits per heavy atom. The number of carbonyl (C=O) groups excluding carboxylic acids is 3. The van der Waals surface area contributed by atoms with Gasteiger partial charge in [0, 0.05) is 5.69 Å². The number of amides is 2. The smallest absolute Gasteiger partial charge is 0.339 e. The molecule has 0 saturated carbocycles. The molecule has 2 N–H and O–H groups in total. The van der Waals surface area contributed by atoms with Gasteiger partial charge in [-0.2, -0.15) is 0 Å². The number of ether oxygens (including phenoxy) is 2. The van der Waals surface area contributed by atoms with E-state index in [1.807, 2.05) is 50.2 Å². The molecule has 3 rings (SSSR count). The second kappa shape index (κ2) is 10.9. The number of nitrogens with one attached hydrogen (secondary N) is 2. The monoisotopic (exact) mass is 446 g/mol. The number of aryl methyl sites for hydroxylation is 2. The second-order valence-electron chi connectivity index (χ2n) is 7.52. The van der Waals surface area contributed by atoms with Gasteiger partial charge < -0.3 is 20.1 Å². The SMILES string of the molecule is Cc1cccc(C)c1NC(=O)CNC(=O)C(C)OC(=O)c1cccc(Oc2ccccc2)c1. The zero-order chi connectivity index (χ0) is 23.8. The first-order valence-electron chi connectivity index (χ1n) is 10.5. The van der Waals surface area contributed by atoms with E-state index < -0.39 is 18.0 Å². The van der Waals surface area contributed by atoms with Crippen molar-refractivity contribution >= 4 is 23.5 Å². The molecule has 0 fully saturated rings. The Morgan fingerprint density at radius 2 is 1.48 bits per heavy atom. The minimum atomic E-state index is -1.08. The average molecular weight is 447 g/mol. The summed E-state index contributed by atoms with van der Waals surface area (Å²) in [6.07, 6.45) is -1.08. The van der Waals surface area contributed by atoms with Crippen LogP contribution in [-0.2, 0) is 14.3 Å². The van der Waals surface area contributed by atoms with E-state index in [9.17, 15) is 14.4 Å². The molecule has 1 atom stereocenters. The highest BCUT2D eigenvalue weighted by molar-refractivity contribution is 5.97. The van der Waals surface area contributed by atoms with Gasteiger partial charge >= 0.3 is 5.97 Å². The molecule has 33 heavy (non-hydrogen) atoms. The highest BCUT2D eigenvalue weighted by Gasteiger charge is 2.20. The van der Waals surface area contributed by atoms with Crippen molar-refractivity contribution < 1.29 is 23.9 Å². The van der Waals surface area contributed by atoms with Crippen LogP contribution < -0.4 is 15.4 Å². The highest BCUT2D eigenvalue weighted by atomic mass is 16.5. The summed E-state index contributed by atoms with van der Waals surface area (Å²) in [5.74, 6) is -0.510. The molecule has 7 heteroatoms. The van der Waals surface area contributed by atoms with E-state index in [0.717, 1.165) is 11.1 Å². The van der Waals surface area contributed by atoms with Crippen LogP contribution in [0.2, 0.25) is 0 Å². The van der Waals surface area contributed by atoms with Crippen LogP contribution in [0.15, 0.2) is 72.8 Å². The highest BCUT2D eigenvalue weighted by Crippen LogP contribution is 2.22. The maximum atomic E-state index is 12.5. The maximum Gasteiger partial charge on any atom is 0.339 e. The summed E-state index contributed by atoms with van der Waals surface area (Å²) in [5.41, 5.74) is 2.82. The first-order chi connectivity index (χ1) is 15.8. The maximum absolute atomic E-state index is 12.5. The third-order valence-electron chi connectivity index (χ3n) is 4.87. The fraction of sp³-hybridized carbons (Fsp3) is 0.192. The van der Waals surface area contributed by atoms with Gasteiger partial charge in [-0.1, -0.05) is 42.5 Å². The molecular formula is C26H26N2O5. The van der Waals surface area contributed by atoms with Gasteiger partial charge in [0.25, 0.3) is 5.91 Å². The summed E-state index contributed by atoms with van der Waals surface area (Å²) in [6, 6.07) is 21.3. The van der Waals surface area contributed by atoms with Crippen LogP contribution in [0.1, 0.15) is 28.4 Å². The molecular weight excluding hydrogens is 420 g/mol. The summed E-state index contributed by atoms with van der Waals surface area (Å²) in [5, 5.41) is 5.28. The second-order valence-corrected chi connectivity index (χ2v) is 7.52. The molecule has 1 unspecified atom stereocenters. The van der Waals surface area contributed by atoms with Crippen molar-refractivity contribution in [1.82, 2.24) is 5.32 Å². The quantitative estimate of drug-likeness (QED) is 0.501. The number of anilines is 1. The zero-order valence-electron chi connectivity index (χ0n) is 18.8. The van der Waals surface area contributed by atoms with E-state index in [2.05, 4.69) is 10.6 Å². The molecule has 0 aliphatic heterocycles. The van der Waals surface area contributed by atoms with Crippen molar-refractivity contribution in [1.29, 1.82) is 0 Å². The lowest BCUT2D eigenvalue weighted by Crippen LogP contribution is -2.40. The summed E-state index contributed by atoms with van der Waals surface area (Å²) in [6.45, 7) is 4.99. The van der Waals surface area contributed by atoms with E-state index >= 15 is 0 Å². The van der Waals surface area contributed by atoms with Gasteiger partial charge in [0.15, 0.2) is 6.10 Å². The number of esters is 1. The van der Waals surface area contributed by atoms with Gasteiger partial charge in [0.1, 0.15) is 11.5 Å². The summed E-state index contributed by atoms with van der Waals surface area (Å²) in [7, 11) is 0. The Labute approximate surface area is 192 Å². The molecule has 0 aliphatic carbocycles. The Kier molecular flexibility index (Phi) is 7.81. The predicted octanol–water partition coefficient (Wildman–Crippen LogP) is 4.40. The molecule has 0 saturated heterocycles. The Balaban J connectivity index is 1.51. The normalized spacial score (nSPS) is 11.2. The van der Waals surface area contributed by atoms with Crippen LogP contribution >= 0.6 is 0 Å². The molecule has 0 aromatic heterocycles. The van der Waals surface area contributed by atoms with Crippen molar-refractivity contribution in [2.24, 2.45) is 0 Å². The molecule has 0 radical (unpaired) electrons. The Bertz CT molecular complexity index is 1120. The third-order valence-corrected chi connectivity index (χ3v) is 4.87. The third kappa shape index (κ3) is 6.67. The number of carbonyl (C=O) groups is 3. The van der Waals surface area contributed by atoms with Gasteiger partial charge in [0.05, 0.1) is 12.1 Å². The van der Waals surface area contributed by atoms with Gasteiger partial charge in [-0.05, 0) is 62.2 Å².